The molecule has 38 heavy (non-hydrogen) atoms. The van der Waals surface area contributed by atoms with Crippen molar-refractivity contribution in [1.29, 1.82) is 0 Å². The minimum absolute atomic E-state index is 0.0598. The Bertz CT molecular complexity index is 1290. The molecule has 6 nitrogen and oxygen atoms in total. The summed E-state index contributed by atoms with van der Waals surface area (Å²) in [4.78, 5) is 25.5. The zero-order valence-electron chi connectivity index (χ0n) is 20.6. The van der Waals surface area contributed by atoms with E-state index >= 15 is 0 Å². The summed E-state index contributed by atoms with van der Waals surface area (Å²) in [6.45, 7) is 4.17. The summed E-state index contributed by atoms with van der Waals surface area (Å²) in [6, 6.07) is 8.55. The molecular weight excluding hydrogens is 512 g/mol. The first kappa shape index (κ1) is 27.4. The molecular formula is C26H25F6N5O. The van der Waals surface area contributed by atoms with Crippen LogP contribution in [0.25, 0.3) is 11.3 Å². The van der Waals surface area contributed by atoms with E-state index in [1.54, 1.807) is 12.1 Å². The third-order valence-corrected chi connectivity index (χ3v) is 6.22. The number of anilines is 1. The van der Waals surface area contributed by atoms with Crippen molar-refractivity contribution < 1.29 is 31.1 Å². The number of benzene rings is 2. The molecule has 0 unspecified atom stereocenters. The van der Waals surface area contributed by atoms with E-state index in [9.17, 15) is 31.1 Å². The van der Waals surface area contributed by atoms with Crippen LogP contribution in [-0.4, -0.2) is 54.0 Å². The minimum Gasteiger partial charge on any atom is -0.338 e. The molecule has 1 aliphatic rings. The summed E-state index contributed by atoms with van der Waals surface area (Å²) in [5.41, 5.74) is -1.26. The van der Waals surface area contributed by atoms with Crippen LogP contribution in [0.3, 0.4) is 0 Å². The molecule has 12 heteroatoms. The van der Waals surface area contributed by atoms with Gasteiger partial charge in [0.2, 0.25) is 5.95 Å². The van der Waals surface area contributed by atoms with Gasteiger partial charge in [-0.3, -0.25) is 4.79 Å². The lowest BCUT2D eigenvalue weighted by molar-refractivity contribution is -0.143. The monoisotopic (exact) mass is 537 g/mol. The van der Waals surface area contributed by atoms with E-state index in [2.05, 4.69) is 15.3 Å². The van der Waals surface area contributed by atoms with Crippen LogP contribution in [0.2, 0.25) is 0 Å². The van der Waals surface area contributed by atoms with Gasteiger partial charge in [-0.25, -0.2) is 9.97 Å². The van der Waals surface area contributed by atoms with E-state index in [0.29, 0.717) is 42.4 Å². The number of amides is 1. The Hall–Kier alpha value is -3.67. The summed E-state index contributed by atoms with van der Waals surface area (Å²) in [7, 11) is 1.31. The van der Waals surface area contributed by atoms with Gasteiger partial charge in [-0.05, 0) is 36.2 Å². The Balaban J connectivity index is 1.71. The van der Waals surface area contributed by atoms with Gasteiger partial charge in [-0.15, -0.1) is 0 Å². The summed E-state index contributed by atoms with van der Waals surface area (Å²) in [6.07, 6.45) is -8.60. The van der Waals surface area contributed by atoms with Crippen LogP contribution in [0, 0.1) is 6.92 Å². The fourth-order valence-electron chi connectivity index (χ4n) is 4.25. The topological polar surface area (TPSA) is 61.4 Å². The molecule has 0 atom stereocenters. The van der Waals surface area contributed by atoms with Crippen LogP contribution in [0.4, 0.5) is 32.3 Å². The van der Waals surface area contributed by atoms with Gasteiger partial charge in [-0.2, -0.15) is 26.3 Å². The summed E-state index contributed by atoms with van der Waals surface area (Å²) in [5, 5.41) is 3.24. The minimum atomic E-state index is -4.98. The van der Waals surface area contributed by atoms with E-state index in [1.165, 1.54) is 13.2 Å². The Kier molecular flexibility index (Phi) is 7.63. The molecule has 0 aliphatic carbocycles. The molecule has 1 aromatic heterocycles. The zero-order valence-corrected chi connectivity index (χ0v) is 20.6. The average Bonchev–Trinajstić information content (AvgIpc) is 2.87. The third-order valence-electron chi connectivity index (χ3n) is 6.22. The molecule has 2 heterocycles. The molecule has 1 saturated heterocycles. The lowest BCUT2D eigenvalue weighted by Gasteiger charge is -2.28. The van der Waals surface area contributed by atoms with Crippen LogP contribution in [0.5, 0.6) is 0 Å². The number of hydrogen-bond donors (Lipinski definition) is 1. The highest BCUT2D eigenvalue weighted by molar-refractivity contribution is 6.00. The lowest BCUT2D eigenvalue weighted by atomic mass is 10.0. The fraction of sp³-hybridized carbons (Fsp3) is 0.346. The molecule has 1 fully saturated rings. The molecule has 0 radical (unpaired) electrons. The number of piperazine rings is 1. The normalized spacial score (nSPS) is 14.5. The Morgan fingerprint density at radius 2 is 1.61 bits per heavy atom. The first-order chi connectivity index (χ1) is 17.8. The van der Waals surface area contributed by atoms with Crippen molar-refractivity contribution in [3.05, 3.63) is 76.5 Å². The standard InChI is InChI=1S/C26H25F6N5O/c1-16-5-3-4-6-20(16)22-21(14-34-24(35-22)37-9-7-33-8-10-37)23(38)36(2)15-17-11-18(25(27,28)29)13-19(12-17)26(30,31)32/h3-6,11-14,33H,7-10,15H2,1-2H3. The first-order valence-electron chi connectivity index (χ1n) is 11.8. The zero-order chi connectivity index (χ0) is 27.7. The van der Waals surface area contributed by atoms with Crippen LogP contribution in [0.1, 0.15) is 32.6 Å². The predicted molar refractivity (Wildman–Crippen MR) is 130 cm³/mol. The van der Waals surface area contributed by atoms with Crippen molar-refractivity contribution in [2.75, 3.05) is 38.1 Å². The van der Waals surface area contributed by atoms with Gasteiger partial charge >= 0.3 is 12.4 Å². The van der Waals surface area contributed by atoms with Crippen LogP contribution in [-0.2, 0) is 18.9 Å². The smallest absolute Gasteiger partial charge is 0.338 e. The number of nitrogens with one attached hydrogen (secondary N) is 1. The van der Waals surface area contributed by atoms with Crippen LogP contribution in [0.15, 0.2) is 48.7 Å². The van der Waals surface area contributed by atoms with Gasteiger partial charge < -0.3 is 15.1 Å². The van der Waals surface area contributed by atoms with E-state index in [1.807, 2.05) is 24.0 Å². The van der Waals surface area contributed by atoms with Crippen molar-refractivity contribution in [2.24, 2.45) is 0 Å². The molecule has 0 saturated carbocycles. The molecule has 1 aliphatic heterocycles. The van der Waals surface area contributed by atoms with Gasteiger partial charge in [0.15, 0.2) is 0 Å². The lowest BCUT2D eigenvalue weighted by Crippen LogP contribution is -2.44. The number of aryl methyl sites for hydroxylation is 1. The van der Waals surface area contributed by atoms with Crippen molar-refractivity contribution in [2.45, 2.75) is 25.8 Å². The molecule has 4 rings (SSSR count). The fourth-order valence-corrected chi connectivity index (χ4v) is 4.25. The first-order valence-corrected chi connectivity index (χ1v) is 11.8. The van der Waals surface area contributed by atoms with Crippen molar-refractivity contribution >= 4 is 11.9 Å². The maximum Gasteiger partial charge on any atom is 0.416 e. The highest BCUT2D eigenvalue weighted by Gasteiger charge is 2.37. The van der Waals surface area contributed by atoms with E-state index in [4.69, 9.17) is 0 Å². The number of aromatic nitrogens is 2. The largest absolute Gasteiger partial charge is 0.416 e. The van der Waals surface area contributed by atoms with Crippen molar-refractivity contribution in [3.8, 4) is 11.3 Å². The summed E-state index contributed by atoms with van der Waals surface area (Å²) in [5.74, 6) is -0.210. The Morgan fingerprint density at radius 1 is 1.00 bits per heavy atom. The molecule has 0 spiro atoms. The maximum atomic E-state index is 13.5. The number of rotatable bonds is 5. The molecule has 2 aromatic carbocycles. The van der Waals surface area contributed by atoms with Gasteiger partial charge in [0.25, 0.3) is 5.91 Å². The molecule has 0 bridgehead atoms. The second-order valence-corrected chi connectivity index (χ2v) is 9.06. The second-order valence-electron chi connectivity index (χ2n) is 9.06. The van der Waals surface area contributed by atoms with Gasteiger partial charge in [-0.1, -0.05) is 24.3 Å². The molecule has 1 amide bonds. The number of nitrogens with zero attached hydrogens (tertiary/aromatic N) is 4. The summed E-state index contributed by atoms with van der Waals surface area (Å²) >= 11 is 0. The SMILES string of the molecule is Cc1ccccc1-c1nc(N2CCNCC2)ncc1C(=O)N(C)Cc1cc(C(F)(F)F)cc(C(F)(F)F)c1. The number of hydrogen-bond acceptors (Lipinski definition) is 5. The highest BCUT2D eigenvalue weighted by atomic mass is 19.4. The van der Waals surface area contributed by atoms with Gasteiger partial charge in [0.05, 0.1) is 22.4 Å². The predicted octanol–water partition coefficient (Wildman–Crippen LogP) is 5.17. The van der Waals surface area contributed by atoms with Crippen LogP contribution >= 0.6 is 0 Å². The Morgan fingerprint density at radius 3 is 2.18 bits per heavy atom. The number of carbonyl (C=O) groups excluding carboxylic acids is 1. The second kappa shape index (κ2) is 10.6. The van der Waals surface area contributed by atoms with Crippen LogP contribution < -0.4 is 10.2 Å². The number of alkyl halides is 6. The quantitative estimate of drug-likeness (QED) is 0.455. The van der Waals surface area contributed by atoms with Gasteiger partial charge in [0.1, 0.15) is 0 Å². The number of carbonyl (C=O) groups is 1. The van der Waals surface area contributed by atoms with E-state index in [0.717, 1.165) is 23.6 Å². The third kappa shape index (κ3) is 6.07. The van der Waals surface area contributed by atoms with E-state index in [-0.39, 0.29) is 17.2 Å². The molecule has 3 aromatic rings. The molecule has 1 N–H and O–H groups in total. The van der Waals surface area contributed by atoms with E-state index < -0.39 is 35.9 Å². The van der Waals surface area contributed by atoms with Crippen molar-refractivity contribution in [3.63, 3.8) is 0 Å². The Labute approximate surface area is 215 Å². The van der Waals surface area contributed by atoms with Gasteiger partial charge in [0, 0.05) is 51.5 Å². The summed E-state index contributed by atoms with van der Waals surface area (Å²) < 4.78 is 79.8. The van der Waals surface area contributed by atoms with Crippen molar-refractivity contribution in [1.82, 2.24) is 20.2 Å². The average molecular weight is 538 g/mol. The highest BCUT2D eigenvalue weighted by Crippen LogP contribution is 2.37. The maximum absolute atomic E-state index is 13.5. The molecule has 202 valence electrons. The number of halogens is 6.